The highest BCUT2D eigenvalue weighted by molar-refractivity contribution is 5.33. The maximum atomic E-state index is 8.73. The molecule has 0 aliphatic carbocycles. The molecule has 14 heavy (non-hydrogen) atoms. The van der Waals surface area contributed by atoms with Gasteiger partial charge in [0.05, 0.1) is 6.61 Å². The number of hydrogen-bond acceptors (Lipinski definition) is 3. The molecule has 1 atom stereocenters. The number of hydrogen-bond donors (Lipinski definition) is 2. The molecule has 3 nitrogen and oxygen atoms in total. The smallest absolute Gasteiger partial charge is 0.122 e. The molecular formula is C11H17NO2. The Morgan fingerprint density at radius 1 is 1.43 bits per heavy atom. The highest BCUT2D eigenvalue weighted by Gasteiger charge is 2.06. The van der Waals surface area contributed by atoms with Gasteiger partial charge in [0.2, 0.25) is 0 Å². The molecule has 1 aromatic carbocycles. The molecule has 2 N–H and O–H groups in total. The second-order valence-corrected chi connectivity index (χ2v) is 3.28. The first-order valence-electron chi connectivity index (χ1n) is 4.88. The lowest BCUT2D eigenvalue weighted by atomic mass is 10.1. The number of para-hydroxylation sites is 1. The zero-order valence-corrected chi connectivity index (χ0v) is 8.66. The minimum absolute atomic E-state index is 0.0385. The van der Waals surface area contributed by atoms with E-state index in [1.165, 1.54) is 0 Å². The van der Waals surface area contributed by atoms with Gasteiger partial charge in [-0.2, -0.15) is 0 Å². The quantitative estimate of drug-likeness (QED) is 0.706. The van der Waals surface area contributed by atoms with Crippen LogP contribution in [0.2, 0.25) is 0 Å². The van der Waals surface area contributed by atoms with Crippen molar-refractivity contribution in [1.29, 1.82) is 0 Å². The number of hydroxylamine groups is 1. The average Bonchev–Trinajstić information content (AvgIpc) is 2.21. The van der Waals surface area contributed by atoms with E-state index < -0.39 is 0 Å². The largest absolute Gasteiger partial charge is 0.494 e. The molecule has 1 rings (SSSR count). The summed E-state index contributed by atoms with van der Waals surface area (Å²) in [5.41, 5.74) is 3.34. The minimum Gasteiger partial charge on any atom is -0.494 e. The predicted molar refractivity (Wildman–Crippen MR) is 55.7 cm³/mol. The summed E-state index contributed by atoms with van der Waals surface area (Å²) < 4.78 is 5.47. The van der Waals surface area contributed by atoms with Gasteiger partial charge in [-0.3, -0.25) is 0 Å². The van der Waals surface area contributed by atoms with Crippen LogP contribution >= 0.6 is 0 Å². The highest BCUT2D eigenvalue weighted by Crippen LogP contribution is 2.19. The first-order valence-corrected chi connectivity index (χ1v) is 4.88. The van der Waals surface area contributed by atoms with Gasteiger partial charge in [0.15, 0.2) is 0 Å². The molecule has 78 valence electrons. The normalized spacial score (nSPS) is 12.5. The van der Waals surface area contributed by atoms with Crippen molar-refractivity contribution >= 4 is 0 Å². The van der Waals surface area contributed by atoms with Crippen molar-refractivity contribution in [3.8, 4) is 5.75 Å². The van der Waals surface area contributed by atoms with E-state index in [2.05, 4.69) is 5.48 Å². The van der Waals surface area contributed by atoms with E-state index in [9.17, 15) is 0 Å². The molecule has 3 heteroatoms. The summed E-state index contributed by atoms with van der Waals surface area (Å²) in [4.78, 5) is 0. The van der Waals surface area contributed by atoms with E-state index >= 15 is 0 Å². The fraction of sp³-hybridized carbons (Fsp3) is 0.455. The molecule has 0 heterocycles. The van der Waals surface area contributed by atoms with E-state index in [0.29, 0.717) is 6.61 Å². The third-order valence-electron chi connectivity index (χ3n) is 2.02. The van der Waals surface area contributed by atoms with Crippen molar-refractivity contribution in [2.24, 2.45) is 0 Å². The molecular weight excluding hydrogens is 178 g/mol. The fourth-order valence-corrected chi connectivity index (χ4v) is 1.34. The third kappa shape index (κ3) is 3.01. The second kappa shape index (κ2) is 5.62. The van der Waals surface area contributed by atoms with Gasteiger partial charge in [-0.15, -0.1) is 0 Å². The van der Waals surface area contributed by atoms with E-state index in [1.54, 1.807) is 0 Å². The van der Waals surface area contributed by atoms with Crippen molar-refractivity contribution in [1.82, 2.24) is 5.48 Å². The van der Waals surface area contributed by atoms with Crippen LogP contribution in [0.25, 0.3) is 0 Å². The summed E-state index contributed by atoms with van der Waals surface area (Å²) >= 11 is 0. The molecule has 0 spiro atoms. The molecule has 0 bridgehead atoms. The molecule has 0 saturated carbocycles. The molecule has 0 aliphatic rings. The summed E-state index contributed by atoms with van der Waals surface area (Å²) in [7, 11) is 0. The first-order chi connectivity index (χ1) is 6.77. The summed E-state index contributed by atoms with van der Waals surface area (Å²) in [5, 5.41) is 8.73. The van der Waals surface area contributed by atoms with Crippen LogP contribution in [0.3, 0.4) is 0 Å². The lowest BCUT2D eigenvalue weighted by Crippen LogP contribution is -2.24. The topological polar surface area (TPSA) is 41.5 Å². The van der Waals surface area contributed by atoms with Gasteiger partial charge < -0.3 is 9.94 Å². The zero-order chi connectivity index (χ0) is 10.4. The van der Waals surface area contributed by atoms with Crippen LogP contribution in [0.1, 0.15) is 19.4 Å². The third-order valence-corrected chi connectivity index (χ3v) is 2.02. The Hall–Kier alpha value is -1.06. The maximum Gasteiger partial charge on any atom is 0.122 e. The lowest BCUT2D eigenvalue weighted by Gasteiger charge is -2.13. The van der Waals surface area contributed by atoms with Gasteiger partial charge in [0.1, 0.15) is 5.75 Å². The Balaban J connectivity index is 2.73. The van der Waals surface area contributed by atoms with Crippen LogP contribution in [0.15, 0.2) is 24.3 Å². The van der Waals surface area contributed by atoms with Crippen molar-refractivity contribution < 1.29 is 9.94 Å². The van der Waals surface area contributed by atoms with Crippen molar-refractivity contribution in [2.75, 3.05) is 6.61 Å². The molecule has 0 saturated heterocycles. The van der Waals surface area contributed by atoms with Crippen molar-refractivity contribution in [3.63, 3.8) is 0 Å². The van der Waals surface area contributed by atoms with Crippen molar-refractivity contribution in [2.45, 2.75) is 26.3 Å². The monoisotopic (exact) mass is 195 g/mol. The van der Waals surface area contributed by atoms with Crippen LogP contribution in [-0.2, 0) is 6.42 Å². The van der Waals surface area contributed by atoms with Gasteiger partial charge in [0, 0.05) is 6.04 Å². The molecule has 0 fully saturated rings. The second-order valence-electron chi connectivity index (χ2n) is 3.28. The van der Waals surface area contributed by atoms with Gasteiger partial charge in [-0.05, 0) is 31.9 Å². The van der Waals surface area contributed by atoms with Gasteiger partial charge in [0.25, 0.3) is 0 Å². The molecule has 0 aliphatic heterocycles. The Bertz CT molecular complexity index is 276. The standard InChI is InChI=1S/C11H17NO2/c1-3-14-11-7-5-4-6-10(11)8-9(2)12-13/h4-7,9,12-13H,3,8H2,1-2H3. The number of rotatable bonds is 5. The Morgan fingerprint density at radius 2 is 2.14 bits per heavy atom. The molecule has 0 amide bonds. The fourth-order valence-electron chi connectivity index (χ4n) is 1.34. The molecule has 0 aromatic heterocycles. The van der Waals surface area contributed by atoms with E-state index in [0.717, 1.165) is 17.7 Å². The number of benzene rings is 1. The maximum absolute atomic E-state index is 8.73. The van der Waals surface area contributed by atoms with Crippen LogP contribution < -0.4 is 10.2 Å². The van der Waals surface area contributed by atoms with Crippen LogP contribution in [0.5, 0.6) is 5.75 Å². The zero-order valence-electron chi connectivity index (χ0n) is 8.66. The molecule has 1 unspecified atom stereocenters. The Kier molecular flexibility index (Phi) is 4.43. The lowest BCUT2D eigenvalue weighted by molar-refractivity contribution is 0.132. The van der Waals surface area contributed by atoms with Crippen molar-refractivity contribution in [3.05, 3.63) is 29.8 Å². The number of nitrogens with one attached hydrogen (secondary N) is 1. The summed E-state index contributed by atoms with van der Waals surface area (Å²) in [5.74, 6) is 0.900. The Labute approximate surface area is 84.7 Å². The molecule has 1 aromatic rings. The molecule has 0 radical (unpaired) electrons. The van der Waals surface area contributed by atoms with E-state index in [4.69, 9.17) is 9.94 Å². The van der Waals surface area contributed by atoms with Crippen LogP contribution in [-0.4, -0.2) is 17.9 Å². The summed E-state index contributed by atoms with van der Waals surface area (Å²) in [6.07, 6.45) is 0.757. The predicted octanol–water partition coefficient (Wildman–Crippen LogP) is 2.00. The highest BCUT2D eigenvalue weighted by atomic mass is 16.5. The minimum atomic E-state index is 0.0385. The van der Waals surface area contributed by atoms with Gasteiger partial charge in [-0.25, -0.2) is 5.48 Å². The average molecular weight is 195 g/mol. The van der Waals surface area contributed by atoms with Gasteiger partial charge >= 0.3 is 0 Å². The van der Waals surface area contributed by atoms with Crippen LogP contribution in [0, 0.1) is 0 Å². The SMILES string of the molecule is CCOc1ccccc1CC(C)NO. The summed E-state index contributed by atoms with van der Waals surface area (Å²) in [6, 6.07) is 7.92. The van der Waals surface area contributed by atoms with E-state index in [-0.39, 0.29) is 6.04 Å². The van der Waals surface area contributed by atoms with E-state index in [1.807, 2.05) is 38.1 Å². The van der Waals surface area contributed by atoms with Gasteiger partial charge in [-0.1, -0.05) is 18.2 Å². The first kappa shape index (κ1) is 11.0. The Morgan fingerprint density at radius 3 is 2.79 bits per heavy atom. The summed E-state index contributed by atoms with van der Waals surface area (Å²) in [6.45, 7) is 4.55. The number of ether oxygens (including phenoxy) is 1. The van der Waals surface area contributed by atoms with Crippen LogP contribution in [0.4, 0.5) is 0 Å².